The number of non-ortho nitro benzene ring substituents is 1. The maximum absolute atomic E-state index is 10.5. The van der Waals surface area contributed by atoms with Crippen molar-refractivity contribution < 1.29 is 4.92 Å². The fraction of sp³-hybridized carbons (Fsp3) is 0. The molecule has 0 atom stereocenters. The van der Waals surface area contributed by atoms with Gasteiger partial charge in [-0.15, -0.1) is 0 Å². The van der Waals surface area contributed by atoms with Crippen molar-refractivity contribution in [1.82, 2.24) is 0 Å². The van der Waals surface area contributed by atoms with Gasteiger partial charge in [0.1, 0.15) is 4.62 Å². The van der Waals surface area contributed by atoms with Gasteiger partial charge in [-0.05, 0) is 28.1 Å². The minimum absolute atomic E-state index is 0.0525. The molecule has 2 rings (SSSR count). The number of nitrogens with one attached hydrogen (secondary N) is 1. The number of hydrogen-bond donors (Lipinski definition) is 1. The Morgan fingerprint density at radius 3 is 2.32 bits per heavy atom. The quantitative estimate of drug-likeness (QED) is 0.530. The van der Waals surface area contributed by atoms with E-state index in [2.05, 4.69) is 26.5 Å². The highest BCUT2D eigenvalue weighted by Crippen LogP contribution is 2.16. The minimum atomic E-state index is -0.438. The van der Waals surface area contributed by atoms with Crippen LogP contribution < -0.4 is 5.43 Å². The SMILES string of the molecule is O=[N+]([O-])c1ccc(NN=C(Br)c2ccccc2)cc1. The van der Waals surface area contributed by atoms with Crippen LogP contribution in [0.15, 0.2) is 59.7 Å². The lowest BCUT2D eigenvalue weighted by molar-refractivity contribution is -0.384. The molecule has 0 spiro atoms. The molecule has 96 valence electrons. The molecule has 19 heavy (non-hydrogen) atoms. The van der Waals surface area contributed by atoms with Crippen LogP contribution in [0.25, 0.3) is 0 Å². The molecule has 2 aromatic rings. The summed E-state index contributed by atoms with van der Waals surface area (Å²) >= 11 is 3.36. The van der Waals surface area contributed by atoms with Gasteiger partial charge in [-0.3, -0.25) is 15.5 Å². The number of hydrazone groups is 1. The van der Waals surface area contributed by atoms with Crippen molar-refractivity contribution in [3.05, 3.63) is 70.3 Å². The van der Waals surface area contributed by atoms with E-state index >= 15 is 0 Å². The van der Waals surface area contributed by atoms with Crippen LogP contribution in [0.1, 0.15) is 5.56 Å². The van der Waals surface area contributed by atoms with Gasteiger partial charge in [-0.25, -0.2) is 0 Å². The predicted octanol–water partition coefficient (Wildman–Crippen LogP) is 3.76. The van der Waals surface area contributed by atoms with Gasteiger partial charge in [0.15, 0.2) is 0 Å². The fourth-order valence-electron chi connectivity index (χ4n) is 1.41. The van der Waals surface area contributed by atoms with Gasteiger partial charge >= 0.3 is 0 Å². The summed E-state index contributed by atoms with van der Waals surface area (Å²) in [6.07, 6.45) is 0. The molecule has 0 fully saturated rings. The second kappa shape index (κ2) is 6.10. The summed E-state index contributed by atoms with van der Waals surface area (Å²) < 4.78 is 0.659. The number of nitro groups is 1. The van der Waals surface area contributed by atoms with Crippen LogP contribution in [0, 0.1) is 10.1 Å². The van der Waals surface area contributed by atoms with Crippen LogP contribution in [-0.4, -0.2) is 9.54 Å². The van der Waals surface area contributed by atoms with Crippen molar-refractivity contribution in [3.63, 3.8) is 0 Å². The molecule has 0 aliphatic carbocycles. The van der Waals surface area contributed by atoms with Crippen LogP contribution in [0.3, 0.4) is 0 Å². The van der Waals surface area contributed by atoms with Gasteiger partial charge in [-0.2, -0.15) is 5.10 Å². The van der Waals surface area contributed by atoms with Gasteiger partial charge in [0.2, 0.25) is 0 Å². The first-order valence-corrected chi connectivity index (χ1v) is 6.25. The Morgan fingerprint density at radius 1 is 1.11 bits per heavy atom. The molecule has 0 aliphatic rings. The summed E-state index contributed by atoms with van der Waals surface area (Å²) in [6.45, 7) is 0. The Labute approximate surface area is 118 Å². The third kappa shape index (κ3) is 3.62. The monoisotopic (exact) mass is 319 g/mol. The number of nitrogens with zero attached hydrogens (tertiary/aromatic N) is 2. The van der Waals surface area contributed by atoms with E-state index in [0.717, 1.165) is 5.56 Å². The minimum Gasteiger partial charge on any atom is -0.277 e. The number of halogens is 1. The molecule has 0 amide bonds. The highest BCUT2D eigenvalue weighted by Gasteiger charge is 2.03. The normalized spacial score (nSPS) is 11.1. The topological polar surface area (TPSA) is 67.5 Å². The molecule has 0 saturated carbocycles. The summed E-state index contributed by atoms with van der Waals surface area (Å²) in [5.41, 5.74) is 4.50. The number of rotatable bonds is 4. The molecule has 6 heteroatoms. The lowest BCUT2D eigenvalue weighted by atomic mass is 10.2. The molecule has 0 unspecified atom stereocenters. The largest absolute Gasteiger partial charge is 0.277 e. The molecule has 2 aromatic carbocycles. The molecule has 0 saturated heterocycles. The zero-order chi connectivity index (χ0) is 13.7. The highest BCUT2D eigenvalue weighted by molar-refractivity contribution is 9.18. The van der Waals surface area contributed by atoms with Crippen molar-refractivity contribution in [2.45, 2.75) is 0 Å². The zero-order valence-corrected chi connectivity index (χ0v) is 11.4. The summed E-state index contributed by atoms with van der Waals surface area (Å²) in [7, 11) is 0. The van der Waals surface area contributed by atoms with Gasteiger partial charge in [0.25, 0.3) is 5.69 Å². The summed E-state index contributed by atoms with van der Waals surface area (Å²) in [5, 5.41) is 14.7. The van der Waals surface area contributed by atoms with Crippen molar-refractivity contribution in [1.29, 1.82) is 0 Å². The van der Waals surface area contributed by atoms with Crippen LogP contribution >= 0.6 is 15.9 Å². The summed E-state index contributed by atoms with van der Waals surface area (Å²) in [5.74, 6) is 0. The Kier molecular flexibility index (Phi) is 4.25. The maximum Gasteiger partial charge on any atom is 0.269 e. The van der Waals surface area contributed by atoms with E-state index in [0.29, 0.717) is 10.3 Å². The average Bonchev–Trinajstić information content (AvgIpc) is 2.46. The van der Waals surface area contributed by atoms with Gasteiger partial charge in [-0.1, -0.05) is 30.3 Å². The Hall–Kier alpha value is -2.21. The first kappa shape index (κ1) is 13.2. The standard InChI is InChI=1S/C13H10BrN3O2/c14-13(10-4-2-1-3-5-10)16-15-11-6-8-12(9-7-11)17(18)19/h1-9,15H. The van der Waals surface area contributed by atoms with Crippen LogP contribution in [-0.2, 0) is 0 Å². The molecule has 1 N–H and O–H groups in total. The third-order valence-electron chi connectivity index (χ3n) is 2.37. The van der Waals surface area contributed by atoms with Crippen molar-refractivity contribution in [2.24, 2.45) is 5.10 Å². The fourth-order valence-corrected chi connectivity index (χ4v) is 1.76. The second-order valence-electron chi connectivity index (χ2n) is 3.68. The number of nitro benzene ring substituents is 1. The molecule has 0 bridgehead atoms. The van der Waals surface area contributed by atoms with Crippen molar-refractivity contribution in [2.75, 3.05) is 5.43 Å². The average molecular weight is 320 g/mol. The second-order valence-corrected chi connectivity index (χ2v) is 4.44. The predicted molar refractivity (Wildman–Crippen MR) is 78.6 cm³/mol. The van der Waals surface area contributed by atoms with E-state index in [4.69, 9.17) is 0 Å². The first-order chi connectivity index (χ1) is 9.16. The van der Waals surface area contributed by atoms with Gasteiger partial charge < -0.3 is 0 Å². The molecule has 0 radical (unpaired) electrons. The summed E-state index contributed by atoms with van der Waals surface area (Å²) in [6, 6.07) is 15.7. The first-order valence-electron chi connectivity index (χ1n) is 5.46. The van der Waals surface area contributed by atoms with Crippen LogP contribution in [0.2, 0.25) is 0 Å². The van der Waals surface area contributed by atoms with E-state index in [9.17, 15) is 10.1 Å². The Bertz CT molecular complexity index is 597. The van der Waals surface area contributed by atoms with Gasteiger partial charge in [0.05, 0.1) is 10.6 Å². The van der Waals surface area contributed by atoms with Crippen molar-refractivity contribution >= 4 is 31.9 Å². The number of hydrogen-bond acceptors (Lipinski definition) is 4. The lowest BCUT2D eigenvalue weighted by Crippen LogP contribution is -1.96. The van der Waals surface area contributed by atoms with E-state index in [1.54, 1.807) is 12.1 Å². The Balaban J connectivity index is 2.08. The molecule has 0 aromatic heterocycles. The molecule has 0 heterocycles. The number of benzene rings is 2. The summed E-state index contributed by atoms with van der Waals surface area (Å²) in [4.78, 5) is 10.1. The third-order valence-corrected chi connectivity index (χ3v) is 3.01. The number of anilines is 1. The zero-order valence-electron chi connectivity index (χ0n) is 9.79. The smallest absolute Gasteiger partial charge is 0.269 e. The Morgan fingerprint density at radius 2 is 1.74 bits per heavy atom. The van der Waals surface area contributed by atoms with Crippen LogP contribution in [0.5, 0.6) is 0 Å². The lowest BCUT2D eigenvalue weighted by Gasteiger charge is -2.02. The van der Waals surface area contributed by atoms with Gasteiger partial charge in [0, 0.05) is 17.7 Å². The van der Waals surface area contributed by atoms with E-state index in [1.807, 2.05) is 30.3 Å². The van der Waals surface area contributed by atoms with E-state index in [-0.39, 0.29) is 5.69 Å². The molecular formula is C13H10BrN3O2. The highest BCUT2D eigenvalue weighted by atomic mass is 79.9. The maximum atomic E-state index is 10.5. The van der Waals surface area contributed by atoms with Crippen LogP contribution in [0.4, 0.5) is 11.4 Å². The molecule has 0 aliphatic heterocycles. The molecule has 5 nitrogen and oxygen atoms in total. The van der Waals surface area contributed by atoms with E-state index in [1.165, 1.54) is 12.1 Å². The van der Waals surface area contributed by atoms with E-state index < -0.39 is 4.92 Å². The molecular weight excluding hydrogens is 310 g/mol. The van der Waals surface area contributed by atoms with Crippen molar-refractivity contribution in [3.8, 4) is 0 Å².